The second-order valence-electron chi connectivity index (χ2n) is 10.5. The summed E-state index contributed by atoms with van der Waals surface area (Å²) >= 11 is 1.41. The van der Waals surface area contributed by atoms with Gasteiger partial charge in [-0.25, -0.2) is 0 Å². The van der Waals surface area contributed by atoms with E-state index < -0.39 is 11.7 Å². The van der Waals surface area contributed by atoms with Gasteiger partial charge in [0.1, 0.15) is 0 Å². The SMILES string of the molecule is C[C@@H](NC(=O)c1cc(C2CCN(C(=O)C3COC3)CC2)cs1)c1ccc(-c2cc(C(F)(F)F)ccc2CN)cc1. The lowest BCUT2D eigenvalue weighted by atomic mass is 9.90. The van der Waals surface area contributed by atoms with Crippen LogP contribution in [0.25, 0.3) is 11.1 Å². The summed E-state index contributed by atoms with van der Waals surface area (Å²) in [6, 6.07) is 12.4. The third kappa shape index (κ3) is 6.09. The summed E-state index contributed by atoms with van der Waals surface area (Å²) in [6.45, 7) is 4.48. The first-order valence-corrected chi connectivity index (χ1v) is 14.3. The number of hydrogen-bond donors (Lipinski definition) is 2. The first-order chi connectivity index (χ1) is 19.1. The van der Waals surface area contributed by atoms with Crippen LogP contribution in [0.4, 0.5) is 13.2 Å². The molecule has 3 heterocycles. The Morgan fingerprint density at radius 1 is 1.10 bits per heavy atom. The van der Waals surface area contributed by atoms with Crippen LogP contribution in [0.2, 0.25) is 0 Å². The summed E-state index contributed by atoms with van der Waals surface area (Å²) < 4.78 is 44.9. The number of nitrogens with two attached hydrogens (primary N) is 1. The fraction of sp³-hybridized carbons (Fsp3) is 0.400. The summed E-state index contributed by atoms with van der Waals surface area (Å²) in [5.74, 6) is 0.342. The van der Waals surface area contributed by atoms with Crippen molar-refractivity contribution in [3.05, 3.63) is 81.0 Å². The third-order valence-corrected chi connectivity index (χ3v) is 8.78. The van der Waals surface area contributed by atoms with Gasteiger partial charge < -0.3 is 20.7 Å². The Labute approximate surface area is 235 Å². The number of carbonyl (C=O) groups is 2. The van der Waals surface area contributed by atoms with Crippen LogP contribution in [0.5, 0.6) is 0 Å². The van der Waals surface area contributed by atoms with E-state index in [1.54, 1.807) is 12.1 Å². The van der Waals surface area contributed by atoms with Gasteiger partial charge in [-0.05, 0) is 77.1 Å². The minimum absolute atomic E-state index is 0.00943. The number of carbonyl (C=O) groups excluding carboxylic acids is 2. The molecule has 10 heteroatoms. The Morgan fingerprint density at radius 2 is 1.80 bits per heavy atom. The Morgan fingerprint density at radius 3 is 2.40 bits per heavy atom. The maximum atomic E-state index is 13.3. The quantitative estimate of drug-likeness (QED) is 0.379. The van der Waals surface area contributed by atoms with E-state index in [1.807, 2.05) is 35.4 Å². The summed E-state index contributed by atoms with van der Waals surface area (Å²) in [7, 11) is 0. The van der Waals surface area contributed by atoms with E-state index in [1.165, 1.54) is 17.4 Å². The van der Waals surface area contributed by atoms with Crippen LogP contribution >= 0.6 is 11.3 Å². The molecule has 2 amide bonds. The number of halogens is 3. The van der Waals surface area contributed by atoms with Crippen LogP contribution in [0.1, 0.15) is 63.7 Å². The molecule has 1 aromatic heterocycles. The summed E-state index contributed by atoms with van der Waals surface area (Å²) in [5.41, 5.74) is 8.72. The van der Waals surface area contributed by atoms with Crippen molar-refractivity contribution in [2.24, 2.45) is 11.7 Å². The Kier molecular flexibility index (Phi) is 8.30. The standard InChI is InChI=1S/C30H32F3N3O3S/c1-18(19-2-4-21(5-3-19)26-13-25(30(31,32)33)7-6-22(26)14-34)35-28(37)27-12-23(17-40-27)20-8-10-36(11-9-20)29(38)24-15-39-16-24/h2-7,12-13,17-18,20,24H,8-11,14-16,34H2,1H3,(H,35,37)/t18-/m1/s1. The monoisotopic (exact) mass is 571 g/mol. The van der Waals surface area contributed by atoms with Crippen molar-refractivity contribution in [3.63, 3.8) is 0 Å². The molecule has 2 saturated heterocycles. The highest BCUT2D eigenvalue weighted by Gasteiger charge is 2.33. The molecule has 2 aliphatic heterocycles. The molecule has 5 rings (SSSR count). The fourth-order valence-electron chi connectivity index (χ4n) is 5.26. The molecule has 3 aromatic rings. The Hall–Kier alpha value is -3.21. The molecule has 2 fully saturated rings. The van der Waals surface area contributed by atoms with Gasteiger partial charge in [-0.15, -0.1) is 11.3 Å². The molecule has 0 unspecified atom stereocenters. The molecule has 2 aromatic carbocycles. The predicted molar refractivity (Wildman–Crippen MR) is 148 cm³/mol. The average molecular weight is 572 g/mol. The van der Waals surface area contributed by atoms with Crippen LogP contribution in [0.3, 0.4) is 0 Å². The number of benzene rings is 2. The van der Waals surface area contributed by atoms with Gasteiger partial charge in [0.05, 0.1) is 35.6 Å². The highest BCUT2D eigenvalue weighted by molar-refractivity contribution is 7.12. The zero-order valence-electron chi connectivity index (χ0n) is 22.2. The van der Waals surface area contributed by atoms with E-state index in [9.17, 15) is 22.8 Å². The van der Waals surface area contributed by atoms with Crippen molar-refractivity contribution in [3.8, 4) is 11.1 Å². The smallest absolute Gasteiger partial charge is 0.380 e. The number of thiophene rings is 1. The maximum Gasteiger partial charge on any atom is 0.416 e. The number of hydrogen-bond acceptors (Lipinski definition) is 5. The average Bonchev–Trinajstić information content (AvgIpc) is 3.42. The number of nitrogens with zero attached hydrogens (tertiary/aromatic N) is 1. The molecule has 1 atom stereocenters. The lowest BCUT2D eigenvalue weighted by Gasteiger charge is -2.36. The summed E-state index contributed by atoms with van der Waals surface area (Å²) in [6.07, 6.45) is -2.70. The predicted octanol–water partition coefficient (Wildman–Crippen LogP) is 5.74. The van der Waals surface area contributed by atoms with E-state index in [2.05, 4.69) is 5.32 Å². The molecule has 0 saturated carbocycles. The van der Waals surface area contributed by atoms with Gasteiger partial charge in [-0.1, -0.05) is 30.3 Å². The molecule has 40 heavy (non-hydrogen) atoms. The number of amides is 2. The summed E-state index contributed by atoms with van der Waals surface area (Å²) in [4.78, 5) is 28.0. The molecular weight excluding hydrogens is 539 g/mol. The number of alkyl halides is 3. The molecule has 6 nitrogen and oxygen atoms in total. The van der Waals surface area contributed by atoms with E-state index in [-0.39, 0.29) is 30.3 Å². The lowest BCUT2D eigenvalue weighted by Crippen LogP contribution is -2.47. The third-order valence-electron chi connectivity index (χ3n) is 7.84. The minimum atomic E-state index is -4.44. The first kappa shape index (κ1) is 28.3. The van der Waals surface area contributed by atoms with Gasteiger partial charge in [0.25, 0.3) is 5.91 Å². The molecular formula is C30H32F3N3O3S. The van der Waals surface area contributed by atoms with Crippen molar-refractivity contribution < 1.29 is 27.5 Å². The molecule has 0 aliphatic carbocycles. The topological polar surface area (TPSA) is 84.7 Å². The van der Waals surface area contributed by atoms with Crippen molar-refractivity contribution in [2.45, 2.75) is 44.4 Å². The van der Waals surface area contributed by atoms with E-state index >= 15 is 0 Å². The first-order valence-electron chi connectivity index (χ1n) is 13.4. The lowest BCUT2D eigenvalue weighted by molar-refractivity contribution is -0.151. The number of ether oxygens (including phenoxy) is 1. The van der Waals surface area contributed by atoms with Gasteiger partial charge in [-0.2, -0.15) is 13.2 Å². The van der Waals surface area contributed by atoms with Crippen molar-refractivity contribution in [1.29, 1.82) is 0 Å². The molecule has 3 N–H and O–H groups in total. The number of nitrogens with one attached hydrogen (secondary N) is 1. The molecule has 0 spiro atoms. The van der Waals surface area contributed by atoms with Crippen LogP contribution in [0, 0.1) is 5.92 Å². The van der Waals surface area contributed by atoms with E-state index in [0.717, 1.165) is 49.2 Å². The number of rotatable bonds is 7. The van der Waals surface area contributed by atoms with E-state index in [4.69, 9.17) is 10.5 Å². The Balaban J connectivity index is 1.19. The van der Waals surface area contributed by atoms with Crippen molar-refractivity contribution >= 4 is 23.2 Å². The maximum absolute atomic E-state index is 13.3. The van der Waals surface area contributed by atoms with Crippen LogP contribution in [-0.4, -0.2) is 43.0 Å². The van der Waals surface area contributed by atoms with E-state index in [0.29, 0.717) is 40.7 Å². The fourth-order valence-corrected chi connectivity index (χ4v) is 6.15. The van der Waals surface area contributed by atoms with Crippen molar-refractivity contribution in [2.75, 3.05) is 26.3 Å². The second-order valence-corrected chi connectivity index (χ2v) is 11.4. The highest BCUT2D eigenvalue weighted by Crippen LogP contribution is 2.35. The zero-order chi connectivity index (χ0) is 28.4. The van der Waals surface area contributed by atoms with Gasteiger partial charge in [-0.3, -0.25) is 9.59 Å². The number of piperidine rings is 1. The van der Waals surface area contributed by atoms with Gasteiger partial charge in [0, 0.05) is 19.6 Å². The van der Waals surface area contributed by atoms with Crippen LogP contribution in [0.15, 0.2) is 53.9 Å². The van der Waals surface area contributed by atoms with Gasteiger partial charge >= 0.3 is 6.18 Å². The minimum Gasteiger partial charge on any atom is -0.380 e. The number of likely N-dealkylation sites (tertiary alicyclic amines) is 1. The van der Waals surface area contributed by atoms with Crippen molar-refractivity contribution in [1.82, 2.24) is 10.2 Å². The Bertz CT molecular complexity index is 1360. The van der Waals surface area contributed by atoms with Crippen LogP contribution in [-0.2, 0) is 22.3 Å². The largest absolute Gasteiger partial charge is 0.416 e. The summed E-state index contributed by atoms with van der Waals surface area (Å²) in [5, 5.41) is 5.05. The second kappa shape index (κ2) is 11.7. The van der Waals surface area contributed by atoms with Gasteiger partial charge in [0.2, 0.25) is 5.91 Å². The molecule has 2 aliphatic rings. The highest BCUT2D eigenvalue weighted by atomic mass is 32.1. The van der Waals surface area contributed by atoms with Crippen LogP contribution < -0.4 is 11.1 Å². The molecule has 0 radical (unpaired) electrons. The van der Waals surface area contributed by atoms with Gasteiger partial charge in [0.15, 0.2) is 0 Å². The molecule has 212 valence electrons. The normalized spacial score (nSPS) is 17.4. The molecule has 0 bridgehead atoms. The zero-order valence-corrected chi connectivity index (χ0v) is 23.0.